The number of aliphatic hydroxyl groups excluding tert-OH is 1. The SMILES string of the molecule is NC(=O)CCCSCC(O)Cl. The van der Waals surface area contributed by atoms with Gasteiger partial charge in [0.25, 0.3) is 0 Å². The molecular formula is C6H12ClNO2S. The molecular weight excluding hydrogens is 186 g/mol. The molecule has 0 fully saturated rings. The molecule has 0 spiro atoms. The highest BCUT2D eigenvalue weighted by atomic mass is 35.5. The number of amides is 1. The van der Waals surface area contributed by atoms with E-state index in [2.05, 4.69) is 0 Å². The van der Waals surface area contributed by atoms with Crippen LogP contribution in [-0.2, 0) is 4.79 Å². The summed E-state index contributed by atoms with van der Waals surface area (Å²) in [4.78, 5) is 10.2. The van der Waals surface area contributed by atoms with E-state index in [9.17, 15) is 4.79 Å². The van der Waals surface area contributed by atoms with Crippen molar-refractivity contribution in [1.82, 2.24) is 0 Å². The van der Waals surface area contributed by atoms with Gasteiger partial charge in [0, 0.05) is 12.2 Å². The number of halogens is 1. The molecule has 1 atom stereocenters. The van der Waals surface area contributed by atoms with Gasteiger partial charge in [-0.2, -0.15) is 11.8 Å². The van der Waals surface area contributed by atoms with Crippen molar-refractivity contribution in [3.63, 3.8) is 0 Å². The van der Waals surface area contributed by atoms with Crippen LogP contribution in [0.25, 0.3) is 0 Å². The fourth-order valence-electron chi connectivity index (χ4n) is 0.529. The van der Waals surface area contributed by atoms with Crippen molar-refractivity contribution < 1.29 is 9.90 Å². The minimum absolute atomic E-state index is 0.281. The molecule has 5 heteroatoms. The number of aliphatic hydroxyl groups is 1. The number of thioether (sulfide) groups is 1. The fourth-order valence-corrected chi connectivity index (χ4v) is 1.51. The summed E-state index contributed by atoms with van der Waals surface area (Å²) in [6, 6.07) is 0. The predicted octanol–water partition coefficient (Wildman–Crippen LogP) is 0.542. The van der Waals surface area contributed by atoms with E-state index < -0.39 is 5.56 Å². The highest BCUT2D eigenvalue weighted by molar-refractivity contribution is 7.99. The van der Waals surface area contributed by atoms with Crippen molar-refractivity contribution in [1.29, 1.82) is 0 Å². The molecule has 3 nitrogen and oxygen atoms in total. The van der Waals surface area contributed by atoms with Crippen molar-refractivity contribution in [2.24, 2.45) is 5.73 Å². The van der Waals surface area contributed by atoms with Gasteiger partial charge in [0.2, 0.25) is 5.91 Å². The Morgan fingerprint density at radius 3 is 2.82 bits per heavy atom. The lowest BCUT2D eigenvalue weighted by Gasteiger charge is -2.00. The van der Waals surface area contributed by atoms with Crippen LogP contribution in [0.4, 0.5) is 0 Å². The van der Waals surface area contributed by atoms with Crippen molar-refractivity contribution in [2.75, 3.05) is 11.5 Å². The normalized spacial score (nSPS) is 12.9. The van der Waals surface area contributed by atoms with Gasteiger partial charge >= 0.3 is 0 Å². The molecule has 3 N–H and O–H groups in total. The number of nitrogens with two attached hydrogens (primary N) is 1. The third kappa shape index (κ3) is 10.1. The van der Waals surface area contributed by atoms with Crippen LogP contribution in [0.2, 0.25) is 0 Å². The monoisotopic (exact) mass is 197 g/mol. The van der Waals surface area contributed by atoms with Crippen LogP contribution in [0.15, 0.2) is 0 Å². The second-order valence-electron chi connectivity index (χ2n) is 2.08. The van der Waals surface area contributed by atoms with Gasteiger partial charge in [-0.25, -0.2) is 0 Å². The maximum atomic E-state index is 10.2. The van der Waals surface area contributed by atoms with Crippen LogP contribution >= 0.6 is 23.4 Å². The lowest BCUT2D eigenvalue weighted by Crippen LogP contribution is -2.10. The van der Waals surface area contributed by atoms with E-state index in [0.29, 0.717) is 12.2 Å². The Morgan fingerprint density at radius 2 is 2.36 bits per heavy atom. The zero-order valence-corrected chi connectivity index (χ0v) is 7.70. The van der Waals surface area contributed by atoms with E-state index in [0.717, 1.165) is 12.2 Å². The minimum atomic E-state index is -0.784. The van der Waals surface area contributed by atoms with E-state index >= 15 is 0 Å². The molecule has 1 unspecified atom stereocenters. The fraction of sp³-hybridized carbons (Fsp3) is 0.833. The molecule has 0 saturated carbocycles. The Kier molecular flexibility index (Phi) is 6.80. The Balaban J connectivity index is 2.97. The number of carbonyl (C=O) groups excluding carboxylic acids is 1. The topological polar surface area (TPSA) is 63.3 Å². The molecule has 1 amide bonds. The van der Waals surface area contributed by atoms with E-state index in [-0.39, 0.29) is 5.91 Å². The predicted molar refractivity (Wildman–Crippen MR) is 47.6 cm³/mol. The number of primary amides is 1. The van der Waals surface area contributed by atoms with Crippen LogP contribution in [-0.4, -0.2) is 28.1 Å². The highest BCUT2D eigenvalue weighted by Crippen LogP contribution is 2.07. The molecule has 0 aliphatic heterocycles. The van der Waals surface area contributed by atoms with Crippen molar-refractivity contribution >= 4 is 29.3 Å². The van der Waals surface area contributed by atoms with Gasteiger partial charge in [0.1, 0.15) is 5.56 Å². The molecule has 0 bridgehead atoms. The second kappa shape index (κ2) is 6.76. The number of carbonyl (C=O) groups is 1. The number of rotatable bonds is 6. The lowest BCUT2D eigenvalue weighted by molar-refractivity contribution is -0.118. The molecule has 0 radical (unpaired) electrons. The average molecular weight is 198 g/mol. The Hall–Kier alpha value is 0.0700. The summed E-state index contributed by atoms with van der Waals surface area (Å²) in [5.74, 6) is 1.03. The standard InChI is InChI=1S/C6H12ClNO2S/c7-5(9)4-11-3-1-2-6(8)10/h5,9H,1-4H2,(H2,8,10). The van der Waals surface area contributed by atoms with E-state index in [1.165, 1.54) is 11.8 Å². The smallest absolute Gasteiger partial charge is 0.217 e. The molecule has 0 aliphatic rings. The van der Waals surface area contributed by atoms with Gasteiger partial charge in [0.05, 0.1) is 0 Å². The van der Waals surface area contributed by atoms with Crippen molar-refractivity contribution in [3.8, 4) is 0 Å². The maximum absolute atomic E-state index is 10.2. The largest absolute Gasteiger partial charge is 0.377 e. The molecule has 0 aromatic heterocycles. The summed E-state index contributed by atoms with van der Waals surface area (Å²) in [5.41, 5.74) is 4.13. The molecule has 0 rings (SSSR count). The molecule has 0 aromatic carbocycles. The van der Waals surface area contributed by atoms with Crippen LogP contribution in [0.5, 0.6) is 0 Å². The first-order chi connectivity index (χ1) is 5.13. The summed E-state index contributed by atoms with van der Waals surface area (Å²) < 4.78 is 0. The number of hydrogen-bond acceptors (Lipinski definition) is 3. The van der Waals surface area contributed by atoms with E-state index in [1.54, 1.807) is 0 Å². The third-order valence-corrected chi connectivity index (χ3v) is 2.43. The van der Waals surface area contributed by atoms with Crippen molar-refractivity contribution in [3.05, 3.63) is 0 Å². The molecule has 0 heterocycles. The third-order valence-electron chi connectivity index (χ3n) is 0.967. The summed E-state index contributed by atoms with van der Waals surface area (Å²) in [6.07, 6.45) is 1.16. The Morgan fingerprint density at radius 1 is 1.73 bits per heavy atom. The quantitative estimate of drug-likeness (QED) is 0.483. The summed E-state index contributed by atoms with van der Waals surface area (Å²) >= 11 is 6.78. The van der Waals surface area contributed by atoms with E-state index in [1.807, 2.05) is 0 Å². The molecule has 0 aromatic rings. The van der Waals surface area contributed by atoms with Gasteiger partial charge in [-0.05, 0) is 12.2 Å². The second-order valence-corrected chi connectivity index (χ2v) is 3.73. The van der Waals surface area contributed by atoms with Crippen LogP contribution in [0.3, 0.4) is 0 Å². The summed E-state index contributed by atoms with van der Waals surface area (Å²) in [5, 5.41) is 8.61. The maximum Gasteiger partial charge on any atom is 0.217 e. The zero-order valence-electron chi connectivity index (χ0n) is 6.12. The van der Waals surface area contributed by atoms with Gasteiger partial charge in [-0.15, -0.1) is 0 Å². The number of hydrogen-bond donors (Lipinski definition) is 2. The van der Waals surface area contributed by atoms with Crippen LogP contribution in [0, 0.1) is 0 Å². The lowest BCUT2D eigenvalue weighted by atomic mass is 10.3. The van der Waals surface area contributed by atoms with Crippen LogP contribution in [0.1, 0.15) is 12.8 Å². The molecule has 0 aliphatic carbocycles. The first-order valence-corrected chi connectivity index (χ1v) is 4.90. The number of alkyl halides is 1. The molecule has 0 saturated heterocycles. The first kappa shape index (κ1) is 11.1. The summed E-state index contributed by atoms with van der Waals surface area (Å²) in [7, 11) is 0. The first-order valence-electron chi connectivity index (χ1n) is 3.31. The zero-order chi connectivity index (χ0) is 8.69. The van der Waals surface area contributed by atoms with Gasteiger partial charge in [-0.1, -0.05) is 11.6 Å². The van der Waals surface area contributed by atoms with Gasteiger partial charge in [0.15, 0.2) is 0 Å². The Labute approximate surface area is 75.3 Å². The average Bonchev–Trinajstić information content (AvgIpc) is 1.85. The van der Waals surface area contributed by atoms with Crippen LogP contribution < -0.4 is 5.73 Å². The summed E-state index contributed by atoms with van der Waals surface area (Å²) in [6.45, 7) is 0. The van der Waals surface area contributed by atoms with Gasteiger partial charge in [-0.3, -0.25) is 4.79 Å². The van der Waals surface area contributed by atoms with Gasteiger partial charge < -0.3 is 10.8 Å². The van der Waals surface area contributed by atoms with Crippen molar-refractivity contribution in [2.45, 2.75) is 18.4 Å². The minimum Gasteiger partial charge on any atom is -0.377 e. The Bertz CT molecular complexity index is 121. The van der Waals surface area contributed by atoms with E-state index in [4.69, 9.17) is 22.4 Å². The highest BCUT2D eigenvalue weighted by Gasteiger charge is 1.98. The molecule has 66 valence electrons. The molecule has 11 heavy (non-hydrogen) atoms.